The van der Waals surface area contributed by atoms with E-state index in [1.807, 2.05) is 12.3 Å². The quantitative estimate of drug-likeness (QED) is 0.140. The van der Waals surface area contributed by atoms with Gasteiger partial charge < -0.3 is 0 Å². The Bertz CT molecular complexity index is 3920. The minimum atomic E-state index is -0.0918. The van der Waals surface area contributed by atoms with Crippen LogP contribution in [0.25, 0.3) is 44.4 Å². The van der Waals surface area contributed by atoms with Gasteiger partial charge in [0.2, 0.25) is 0 Å². The molecule has 10 heterocycles. The van der Waals surface area contributed by atoms with Crippen LogP contribution in [-0.4, -0.2) is 18.2 Å². The highest BCUT2D eigenvalue weighted by Crippen LogP contribution is 2.44. The average Bonchev–Trinajstić information content (AvgIpc) is 4.05. The Hall–Kier alpha value is -6.34. The Morgan fingerprint density at radius 3 is 1.46 bits per heavy atom. The van der Waals surface area contributed by atoms with Crippen LogP contribution in [0, 0.1) is 104 Å². The van der Waals surface area contributed by atoms with Crippen LogP contribution in [0.15, 0.2) is 60.3 Å². The maximum absolute atomic E-state index is 4.62. The fraction of sp³-hybridized carbons (Fsp3) is 0.415. The van der Waals surface area contributed by atoms with E-state index >= 15 is 0 Å². The van der Waals surface area contributed by atoms with Gasteiger partial charge in [-0.05, 0) is 201 Å². The van der Waals surface area contributed by atoms with Crippen LogP contribution in [0.5, 0.6) is 0 Å². The van der Waals surface area contributed by atoms with E-state index in [9.17, 15) is 0 Å². The molecule has 0 N–H and O–H groups in total. The number of rotatable bonds is 0. The van der Waals surface area contributed by atoms with E-state index in [2.05, 4.69) is 234 Å². The summed E-state index contributed by atoms with van der Waals surface area (Å²) in [4.78, 5) is 4.62. The summed E-state index contributed by atoms with van der Waals surface area (Å²) >= 11 is 0. The van der Waals surface area contributed by atoms with Gasteiger partial charge in [-0.25, -0.2) is 13.7 Å². The molecular formula is C65H80N7+3. The summed E-state index contributed by atoms with van der Waals surface area (Å²) in [5, 5.41) is 1.21. The number of pyridine rings is 4. The molecule has 3 aliphatic rings. The molecule has 0 spiro atoms. The molecule has 7 heteroatoms. The van der Waals surface area contributed by atoms with Gasteiger partial charge >= 0.3 is 0 Å². The molecule has 0 atom stereocenters. The van der Waals surface area contributed by atoms with Gasteiger partial charge in [-0.3, -0.25) is 4.98 Å². The van der Waals surface area contributed by atoms with Crippen LogP contribution in [0.4, 0.5) is 0 Å². The lowest BCUT2D eigenvalue weighted by molar-refractivity contribution is -0.759. The number of aryl methyl sites for hydroxylation is 9. The van der Waals surface area contributed by atoms with Crippen molar-refractivity contribution in [3.05, 3.63) is 173 Å². The van der Waals surface area contributed by atoms with Gasteiger partial charge in [0.15, 0.2) is 16.6 Å². The van der Waals surface area contributed by atoms with Crippen molar-refractivity contribution in [2.24, 2.45) is 0 Å². The third-order valence-electron chi connectivity index (χ3n) is 19.3. The summed E-state index contributed by atoms with van der Waals surface area (Å²) in [6, 6.07) is 17.7. The molecule has 7 nitrogen and oxygen atoms in total. The Morgan fingerprint density at radius 2 is 0.903 bits per heavy atom. The van der Waals surface area contributed by atoms with Gasteiger partial charge in [0.1, 0.15) is 50.8 Å². The second kappa shape index (κ2) is 16.1. The summed E-state index contributed by atoms with van der Waals surface area (Å²) in [7, 11) is 0. The molecule has 72 heavy (non-hydrogen) atoms. The number of imidazole rings is 3. The highest BCUT2D eigenvalue weighted by Gasteiger charge is 2.48. The smallest absolute Gasteiger partial charge is 0.256 e. The lowest BCUT2D eigenvalue weighted by Gasteiger charge is -2.30. The first-order valence-electron chi connectivity index (χ1n) is 26.4. The van der Waals surface area contributed by atoms with Crippen molar-refractivity contribution in [1.29, 1.82) is 0 Å². The van der Waals surface area contributed by atoms with Gasteiger partial charge in [0.25, 0.3) is 17.5 Å². The summed E-state index contributed by atoms with van der Waals surface area (Å²) in [5.74, 6) is 4.07. The lowest BCUT2D eigenvalue weighted by atomic mass is 9.85. The van der Waals surface area contributed by atoms with Crippen LogP contribution < -0.4 is 13.7 Å². The molecule has 7 aromatic heterocycles. The zero-order chi connectivity index (χ0) is 52.5. The maximum Gasteiger partial charge on any atom is 0.295 e. The first kappa shape index (κ1) is 49.2. The molecule has 0 fully saturated rings. The van der Waals surface area contributed by atoms with Crippen LogP contribution in [0.3, 0.4) is 0 Å². The number of hydrogen-bond donors (Lipinski definition) is 0. The normalized spacial score (nSPS) is 15.7. The highest BCUT2D eigenvalue weighted by atomic mass is 15.2. The summed E-state index contributed by atoms with van der Waals surface area (Å²) < 4.78 is 15.1. The van der Waals surface area contributed by atoms with Gasteiger partial charge in [-0.1, -0.05) is 30.3 Å². The van der Waals surface area contributed by atoms with Crippen molar-refractivity contribution in [2.75, 3.05) is 0 Å². The topological polar surface area (TPSA) is 37.8 Å². The molecule has 0 bridgehead atoms. The predicted molar refractivity (Wildman–Crippen MR) is 298 cm³/mol. The molecule has 2 aromatic carbocycles. The Labute approximate surface area is 429 Å². The lowest BCUT2D eigenvalue weighted by Crippen LogP contribution is -2.59. The zero-order valence-electron chi connectivity index (χ0n) is 48.0. The van der Waals surface area contributed by atoms with Crippen molar-refractivity contribution in [3.63, 3.8) is 0 Å². The Balaban J connectivity index is 0.000000125. The number of aromatic nitrogens is 7. The van der Waals surface area contributed by atoms with Crippen LogP contribution in [-0.2, 0) is 23.0 Å². The van der Waals surface area contributed by atoms with Crippen molar-refractivity contribution < 1.29 is 13.7 Å². The van der Waals surface area contributed by atoms with E-state index in [-0.39, 0.29) is 16.6 Å². The summed E-state index contributed by atoms with van der Waals surface area (Å²) in [6.07, 6.45) is 2.88. The monoisotopic (exact) mass is 959 g/mol. The largest absolute Gasteiger partial charge is 0.295 e. The summed E-state index contributed by atoms with van der Waals surface area (Å²) in [5.41, 5.74) is 34.5. The molecule has 12 rings (SSSR count). The second-order valence-electron chi connectivity index (χ2n) is 23.6. The molecule has 372 valence electrons. The molecule has 0 radical (unpaired) electrons. The van der Waals surface area contributed by atoms with Gasteiger partial charge in [-0.2, -0.15) is 13.2 Å². The zero-order valence-corrected chi connectivity index (χ0v) is 48.0. The third kappa shape index (κ3) is 6.27. The van der Waals surface area contributed by atoms with E-state index in [0.717, 1.165) is 11.9 Å². The van der Waals surface area contributed by atoms with Crippen molar-refractivity contribution in [2.45, 2.75) is 182 Å². The second-order valence-corrected chi connectivity index (χ2v) is 23.6. The fourth-order valence-electron chi connectivity index (χ4n) is 14.1. The number of benzene rings is 2. The molecule has 0 saturated heterocycles. The van der Waals surface area contributed by atoms with Gasteiger partial charge in [0, 0.05) is 65.7 Å². The van der Waals surface area contributed by atoms with Crippen molar-refractivity contribution in [1.82, 2.24) is 18.2 Å². The van der Waals surface area contributed by atoms with Crippen molar-refractivity contribution in [3.8, 4) is 11.4 Å². The SMILES string of the molecule is CC1=C(C)C(C)(C)[n+]2c(C)c3c(C)c(C)c(C)c(C)n3c21.Cc1c(C)c(C)n2c3[n+](c(C)c2c1C)C(C)(C)c1cc2cccnc2cc1-3.Cc1c(C)c(C)n2c3[n+](c(C)c2c1C)C(C)(C)c1ccccc1C3. The molecule has 0 saturated carbocycles. The third-order valence-corrected chi connectivity index (χ3v) is 19.3. The Morgan fingerprint density at radius 1 is 0.444 bits per heavy atom. The minimum absolute atomic E-state index is 0.0268. The number of hydrogen-bond acceptors (Lipinski definition) is 1. The van der Waals surface area contributed by atoms with E-state index in [0.29, 0.717) is 0 Å². The Kier molecular flexibility index (Phi) is 11.0. The average molecular weight is 959 g/mol. The van der Waals surface area contributed by atoms with E-state index in [4.69, 9.17) is 0 Å². The first-order valence-corrected chi connectivity index (χ1v) is 26.4. The van der Waals surface area contributed by atoms with E-state index in [1.165, 1.54) is 157 Å². The number of nitrogens with zero attached hydrogens (tertiary/aromatic N) is 7. The van der Waals surface area contributed by atoms with Crippen LogP contribution in [0.2, 0.25) is 0 Å². The molecule has 0 aliphatic carbocycles. The standard InChI is InChI=1S/C24H26N3.C22H27N2.C19H27N2/c1-13-14(2)16(4)26-22(15(13)3)17(5)27-23(26)19-12-21-18(9-8-10-25-21)11-20(19)24(27,6)7;1-13-14(2)16(4)23-20-12-18-10-8-9-11-19(18)22(6,7)24(20)17(5)21(23)15(13)3;1-10-11(2)15(6)20-17(12(10)3)16(7)21-18(20)13(4)14(5)19(21,8)9/h8-12H,1-7H3;8-11H,12H2,1-7H3;1-9H3/q3*+1. The van der Waals surface area contributed by atoms with Gasteiger partial charge in [-0.15, -0.1) is 0 Å². The predicted octanol–water partition coefficient (Wildman–Crippen LogP) is 13.8. The molecule has 0 amide bonds. The molecule has 0 unspecified atom stereocenters. The fourth-order valence-corrected chi connectivity index (χ4v) is 14.1. The van der Waals surface area contributed by atoms with E-state index in [1.54, 1.807) is 0 Å². The van der Waals surface area contributed by atoms with Gasteiger partial charge in [0.05, 0.1) is 17.5 Å². The highest BCUT2D eigenvalue weighted by molar-refractivity contribution is 5.87. The minimum Gasteiger partial charge on any atom is -0.256 e. The summed E-state index contributed by atoms with van der Waals surface area (Å²) in [6.45, 7) is 52.5. The van der Waals surface area contributed by atoms with E-state index < -0.39 is 0 Å². The molecule has 9 aromatic rings. The maximum atomic E-state index is 4.62. The molecular weight excluding hydrogens is 879 g/mol. The van der Waals surface area contributed by atoms with Crippen LogP contribution >= 0.6 is 0 Å². The number of allylic oxidation sites excluding steroid dienone is 2. The number of fused-ring (bicyclic) bond motifs is 13. The van der Waals surface area contributed by atoms with Crippen LogP contribution in [0.1, 0.15) is 168 Å². The molecule has 3 aliphatic heterocycles. The first-order chi connectivity index (χ1) is 33.6. The van der Waals surface area contributed by atoms with Crippen molar-refractivity contribution >= 4 is 33.0 Å².